The maximum Gasteiger partial charge on any atom is 0.410 e. The normalized spacial score (nSPS) is 15.5. The smallest absolute Gasteiger partial charge is 0.410 e. The molecule has 0 radical (unpaired) electrons. The van der Waals surface area contributed by atoms with Gasteiger partial charge >= 0.3 is 12.1 Å². The molecule has 0 heterocycles. The number of aliphatic carboxylic acids is 1. The number of carboxylic acid groups (broad SMARTS) is 1. The van der Waals surface area contributed by atoms with Gasteiger partial charge in [0.1, 0.15) is 5.60 Å². The molecule has 3 N–H and O–H groups in total. The minimum absolute atomic E-state index is 0.737. The van der Waals surface area contributed by atoms with Crippen LogP contribution in [0, 0.1) is 0 Å². The van der Waals surface area contributed by atoms with Gasteiger partial charge in [0.2, 0.25) is 5.72 Å². The minimum Gasteiger partial charge on any atom is -0.478 e. The Kier molecular flexibility index (Phi) is 3.47. The zero-order valence-corrected chi connectivity index (χ0v) is 8.62. The number of carbonyl (C=O) groups is 2. The number of hydrogen-bond donors (Lipinski definition) is 3. The fourth-order valence-corrected chi connectivity index (χ4v) is 0.556. The summed E-state index contributed by atoms with van der Waals surface area (Å²) in [4.78, 5) is 21.4. The van der Waals surface area contributed by atoms with E-state index in [0.29, 0.717) is 0 Å². The Morgan fingerprint density at radius 3 is 1.93 bits per heavy atom. The van der Waals surface area contributed by atoms with Crippen molar-refractivity contribution in [3.8, 4) is 0 Å². The van der Waals surface area contributed by atoms with Crippen LogP contribution in [0.2, 0.25) is 0 Å². The summed E-state index contributed by atoms with van der Waals surface area (Å²) in [5.74, 6) is -1.55. The first kappa shape index (κ1) is 12.7. The number of aliphatic hydroxyl groups is 1. The van der Waals surface area contributed by atoms with Crippen LogP contribution >= 0.6 is 0 Å². The van der Waals surface area contributed by atoms with Gasteiger partial charge in [-0.3, -0.25) is 5.32 Å². The zero-order valence-electron chi connectivity index (χ0n) is 8.62. The third-order valence-corrected chi connectivity index (χ3v) is 1.16. The highest BCUT2D eigenvalue weighted by molar-refractivity contribution is 5.82. The number of carboxylic acids is 1. The third-order valence-electron chi connectivity index (χ3n) is 1.16. The van der Waals surface area contributed by atoms with E-state index in [4.69, 9.17) is 14.9 Å². The van der Waals surface area contributed by atoms with E-state index >= 15 is 0 Å². The molecule has 6 heteroatoms. The molecule has 0 saturated heterocycles. The molecule has 0 aliphatic carbocycles. The van der Waals surface area contributed by atoms with Crippen LogP contribution in [0.1, 0.15) is 27.7 Å². The highest BCUT2D eigenvalue weighted by Crippen LogP contribution is 2.08. The van der Waals surface area contributed by atoms with Crippen molar-refractivity contribution in [3.63, 3.8) is 0 Å². The lowest BCUT2D eigenvalue weighted by Crippen LogP contribution is -2.53. The molecular weight excluding hydrogens is 190 g/mol. The summed E-state index contributed by atoms with van der Waals surface area (Å²) < 4.78 is 4.75. The summed E-state index contributed by atoms with van der Waals surface area (Å²) in [6.07, 6.45) is -0.982. The van der Waals surface area contributed by atoms with E-state index in [1.54, 1.807) is 20.8 Å². The van der Waals surface area contributed by atoms with E-state index in [1.807, 2.05) is 5.32 Å². The Balaban J connectivity index is 4.27. The molecular formula is C8H15NO5. The Morgan fingerprint density at radius 2 is 1.64 bits per heavy atom. The minimum atomic E-state index is -2.32. The van der Waals surface area contributed by atoms with Gasteiger partial charge in [-0.05, 0) is 27.7 Å². The molecule has 6 nitrogen and oxygen atoms in total. The van der Waals surface area contributed by atoms with Crippen molar-refractivity contribution in [3.05, 3.63) is 0 Å². The van der Waals surface area contributed by atoms with Crippen LogP contribution < -0.4 is 5.32 Å². The molecule has 1 atom stereocenters. The summed E-state index contributed by atoms with van der Waals surface area (Å²) in [5.41, 5.74) is -3.05. The van der Waals surface area contributed by atoms with Crippen molar-refractivity contribution in [2.24, 2.45) is 0 Å². The SMILES string of the molecule is CC(C)(C)OC(=O)N[C@](C)(O)C(=O)O. The molecule has 0 saturated carbocycles. The average molecular weight is 205 g/mol. The van der Waals surface area contributed by atoms with Crippen molar-refractivity contribution in [2.45, 2.75) is 39.0 Å². The lowest BCUT2D eigenvalue weighted by atomic mass is 10.2. The number of amides is 1. The van der Waals surface area contributed by atoms with Gasteiger partial charge in [-0.2, -0.15) is 0 Å². The molecule has 0 rings (SSSR count). The molecule has 0 bridgehead atoms. The molecule has 0 aromatic carbocycles. The maximum atomic E-state index is 11.0. The van der Waals surface area contributed by atoms with E-state index in [0.717, 1.165) is 6.92 Å². The number of nitrogens with one attached hydrogen (secondary N) is 1. The number of rotatable bonds is 2. The molecule has 0 aromatic heterocycles. The van der Waals surface area contributed by atoms with E-state index < -0.39 is 23.4 Å². The van der Waals surface area contributed by atoms with Gasteiger partial charge in [-0.1, -0.05) is 0 Å². The zero-order chi connectivity index (χ0) is 11.6. The van der Waals surface area contributed by atoms with Crippen molar-refractivity contribution in [1.82, 2.24) is 5.32 Å². The molecule has 0 aliphatic rings. The fourth-order valence-electron chi connectivity index (χ4n) is 0.556. The van der Waals surface area contributed by atoms with Gasteiger partial charge in [0.15, 0.2) is 0 Å². The van der Waals surface area contributed by atoms with E-state index in [9.17, 15) is 9.59 Å². The van der Waals surface area contributed by atoms with Crippen molar-refractivity contribution in [2.75, 3.05) is 0 Å². The van der Waals surface area contributed by atoms with E-state index in [1.165, 1.54) is 0 Å². The summed E-state index contributed by atoms with van der Waals surface area (Å²) in [6.45, 7) is 5.82. The van der Waals surface area contributed by atoms with Crippen LogP contribution in [0.5, 0.6) is 0 Å². The van der Waals surface area contributed by atoms with Crippen LogP contribution in [0.4, 0.5) is 4.79 Å². The Bertz CT molecular complexity index is 241. The highest BCUT2D eigenvalue weighted by atomic mass is 16.6. The Morgan fingerprint density at radius 1 is 1.21 bits per heavy atom. The molecule has 0 spiro atoms. The molecule has 1 amide bonds. The predicted octanol–water partition coefficient (Wildman–Crippen LogP) is 0.304. The standard InChI is InChI=1S/C8H15NO5/c1-7(2,3)14-6(12)9-8(4,13)5(10)11/h13H,1-4H3,(H,9,12)(H,10,11)/t8-/m1/s1. The first-order valence-corrected chi connectivity index (χ1v) is 4.01. The molecule has 0 aromatic rings. The number of carbonyl (C=O) groups excluding carboxylic acids is 1. The predicted molar refractivity (Wildman–Crippen MR) is 47.6 cm³/mol. The number of hydrogen-bond acceptors (Lipinski definition) is 4. The highest BCUT2D eigenvalue weighted by Gasteiger charge is 2.33. The number of alkyl carbamates (subject to hydrolysis) is 1. The first-order chi connectivity index (χ1) is 6.04. The molecule has 82 valence electrons. The van der Waals surface area contributed by atoms with E-state index in [2.05, 4.69) is 0 Å². The molecule has 0 unspecified atom stereocenters. The summed E-state index contributed by atoms with van der Waals surface area (Å²) in [7, 11) is 0. The molecule has 14 heavy (non-hydrogen) atoms. The first-order valence-electron chi connectivity index (χ1n) is 4.01. The summed E-state index contributed by atoms with van der Waals surface area (Å²) >= 11 is 0. The van der Waals surface area contributed by atoms with Crippen LogP contribution in [-0.4, -0.2) is 33.6 Å². The van der Waals surface area contributed by atoms with Crippen molar-refractivity contribution >= 4 is 12.1 Å². The van der Waals surface area contributed by atoms with Gasteiger partial charge in [-0.25, -0.2) is 9.59 Å². The van der Waals surface area contributed by atoms with Gasteiger partial charge in [0.25, 0.3) is 0 Å². The largest absolute Gasteiger partial charge is 0.478 e. The fraction of sp³-hybridized carbons (Fsp3) is 0.750. The van der Waals surface area contributed by atoms with Crippen LogP contribution in [0.3, 0.4) is 0 Å². The molecule has 0 fully saturated rings. The molecule has 0 aliphatic heterocycles. The lowest BCUT2D eigenvalue weighted by Gasteiger charge is -2.24. The summed E-state index contributed by atoms with van der Waals surface area (Å²) in [5, 5.41) is 19.4. The topological polar surface area (TPSA) is 95.9 Å². The average Bonchev–Trinajstić information content (AvgIpc) is 1.79. The number of ether oxygens (including phenoxy) is 1. The second-order valence-corrected chi connectivity index (χ2v) is 4.00. The van der Waals surface area contributed by atoms with Crippen LogP contribution in [0.25, 0.3) is 0 Å². The summed E-state index contributed by atoms with van der Waals surface area (Å²) in [6, 6.07) is 0. The lowest BCUT2D eigenvalue weighted by molar-refractivity contribution is -0.159. The Hall–Kier alpha value is -1.30. The van der Waals surface area contributed by atoms with Crippen molar-refractivity contribution < 1.29 is 24.5 Å². The quantitative estimate of drug-likeness (QED) is 0.563. The van der Waals surface area contributed by atoms with Crippen molar-refractivity contribution in [1.29, 1.82) is 0 Å². The Labute approximate surface area is 81.9 Å². The second kappa shape index (κ2) is 3.83. The van der Waals surface area contributed by atoms with Gasteiger partial charge in [0.05, 0.1) is 0 Å². The van der Waals surface area contributed by atoms with Gasteiger partial charge < -0.3 is 14.9 Å². The van der Waals surface area contributed by atoms with E-state index in [-0.39, 0.29) is 0 Å². The third kappa shape index (κ3) is 4.66. The van der Waals surface area contributed by atoms with Gasteiger partial charge in [0, 0.05) is 0 Å². The maximum absolute atomic E-state index is 11.0. The van der Waals surface area contributed by atoms with Crippen LogP contribution in [0.15, 0.2) is 0 Å². The van der Waals surface area contributed by atoms with Gasteiger partial charge in [-0.15, -0.1) is 0 Å². The second-order valence-electron chi connectivity index (χ2n) is 4.00. The van der Waals surface area contributed by atoms with Crippen LogP contribution in [-0.2, 0) is 9.53 Å². The monoisotopic (exact) mass is 205 g/mol.